The highest BCUT2D eigenvalue weighted by molar-refractivity contribution is 5.73. The molecular formula is C20H35NO15. The lowest BCUT2D eigenvalue weighted by Gasteiger charge is -2.48. The minimum atomic E-state index is -1.88. The SMILES string of the molecule is CC(=O)NC1C(O)OC(CO)C(O)C1OC1OC(CO)C(OC2OC(C)C(O)C(O)C2O)C(O)C1O. The maximum Gasteiger partial charge on any atom is 0.217 e. The predicted octanol–water partition coefficient (Wildman–Crippen LogP) is -6.40. The molecule has 3 aliphatic rings. The summed E-state index contributed by atoms with van der Waals surface area (Å²) in [4.78, 5) is 11.6. The highest BCUT2D eigenvalue weighted by Gasteiger charge is 2.53. The molecule has 0 aromatic rings. The molecule has 15 unspecified atom stereocenters. The second-order valence-electron chi connectivity index (χ2n) is 9.05. The van der Waals surface area contributed by atoms with Crippen molar-refractivity contribution < 1.29 is 74.4 Å². The fraction of sp³-hybridized carbons (Fsp3) is 0.950. The first-order chi connectivity index (χ1) is 16.9. The van der Waals surface area contributed by atoms with Crippen molar-refractivity contribution in [1.29, 1.82) is 0 Å². The van der Waals surface area contributed by atoms with E-state index in [1.165, 1.54) is 6.92 Å². The van der Waals surface area contributed by atoms with Gasteiger partial charge in [-0.1, -0.05) is 0 Å². The van der Waals surface area contributed by atoms with Gasteiger partial charge in [0.1, 0.15) is 67.1 Å². The summed E-state index contributed by atoms with van der Waals surface area (Å²) >= 11 is 0. The Labute approximate surface area is 205 Å². The van der Waals surface area contributed by atoms with Gasteiger partial charge in [-0.2, -0.15) is 0 Å². The van der Waals surface area contributed by atoms with Crippen LogP contribution in [0.4, 0.5) is 0 Å². The lowest BCUT2D eigenvalue weighted by Crippen LogP contribution is -2.68. The molecule has 0 radical (unpaired) electrons. The van der Waals surface area contributed by atoms with Crippen LogP contribution >= 0.6 is 0 Å². The molecule has 3 saturated heterocycles. The monoisotopic (exact) mass is 529 g/mol. The zero-order valence-electron chi connectivity index (χ0n) is 19.5. The molecule has 0 aliphatic carbocycles. The first-order valence-electron chi connectivity index (χ1n) is 11.4. The van der Waals surface area contributed by atoms with Crippen molar-refractivity contribution in [3.05, 3.63) is 0 Å². The van der Waals surface area contributed by atoms with Crippen molar-refractivity contribution in [2.45, 2.75) is 106 Å². The second kappa shape index (κ2) is 12.2. The maximum atomic E-state index is 11.6. The average molecular weight is 529 g/mol. The number of aliphatic hydroxyl groups is 9. The summed E-state index contributed by atoms with van der Waals surface area (Å²) in [5.41, 5.74) is 0. The number of hydrogen-bond acceptors (Lipinski definition) is 15. The third-order valence-electron chi connectivity index (χ3n) is 6.45. The fourth-order valence-corrected chi connectivity index (χ4v) is 4.40. The number of aliphatic hydroxyl groups excluding tert-OH is 9. The predicted molar refractivity (Wildman–Crippen MR) is 111 cm³/mol. The molecule has 3 heterocycles. The van der Waals surface area contributed by atoms with E-state index in [1.807, 2.05) is 0 Å². The van der Waals surface area contributed by atoms with Crippen LogP contribution in [0.15, 0.2) is 0 Å². The topological polar surface area (TPSA) is 257 Å². The summed E-state index contributed by atoms with van der Waals surface area (Å²) in [7, 11) is 0. The zero-order valence-corrected chi connectivity index (χ0v) is 19.5. The van der Waals surface area contributed by atoms with Gasteiger partial charge < -0.3 is 75.0 Å². The number of ether oxygens (including phenoxy) is 5. The Morgan fingerprint density at radius 2 is 1.28 bits per heavy atom. The lowest BCUT2D eigenvalue weighted by molar-refractivity contribution is -0.370. The van der Waals surface area contributed by atoms with Crippen molar-refractivity contribution in [3.8, 4) is 0 Å². The number of carbonyl (C=O) groups excluding carboxylic acids is 1. The quantitative estimate of drug-likeness (QED) is 0.147. The third-order valence-corrected chi connectivity index (χ3v) is 6.45. The van der Waals surface area contributed by atoms with Crippen LogP contribution in [0.3, 0.4) is 0 Å². The molecule has 10 N–H and O–H groups in total. The summed E-state index contributed by atoms with van der Waals surface area (Å²) in [6.45, 7) is 1.03. The number of amides is 1. The first kappa shape index (κ1) is 29.5. The Morgan fingerprint density at radius 3 is 1.86 bits per heavy atom. The molecule has 3 rings (SSSR count). The molecule has 0 aromatic carbocycles. The molecule has 16 nitrogen and oxygen atoms in total. The number of carbonyl (C=O) groups is 1. The van der Waals surface area contributed by atoms with E-state index in [1.54, 1.807) is 0 Å². The normalized spacial score (nSPS) is 50.0. The van der Waals surface area contributed by atoms with Crippen molar-refractivity contribution in [3.63, 3.8) is 0 Å². The Hall–Kier alpha value is -1.09. The van der Waals surface area contributed by atoms with Crippen LogP contribution in [0, 0.1) is 0 Å². The number of nitrogens with one attached hydrogen (secondary N) is 1. The van der Waals surface area contributed by atoms with Gasteiger partial charge in [0.25, 0.3) is 0 Å². The van der Waals surface area contributed by atoms with Crippen molar-refractivity contribution in [2.24, 2.45) is 0 Å². The molecule has 36 heavy (non-hydrogen) atoms. The Kier molecular flexibility index (Phi) is 9.97. The molecule has 1 amide bonds. The van der Waals surface area contributed by atoms with Crippen LogP contribution in [-0.4, -0.2) is 157 Å². The molecule has 3 fully saturated rings. The Morgan fingerprint density at radius 1 is 0.722 bits per heavy atom. The van der Waals surface area contributed by atoms with Gasteiger partial charge >= 0.3 is 0 Å². The number of hydrogen-bond donors (Lipinski definition) is 10. The van der Waals surface area contributed by atoms with E-state index < -0.39 is 111 Å². The van der Waals surface area contributed by atoms with Crippen molar-refractivity contribution in [1.82, 2.24) is 5.32 Å². The molecule has 16 heteroatoms. The van der Waals surface area contributed by atoms with Gasteiger partial charge in [0, 0.05) is 6.92 Å². The summed E-state index contributed by atoms with van der Waals surface area (Å²) in [5, 5.41) is 93.8. The number of rotatable bonds is 7. The average Bonchev–Trinajstić information content (AvgIpc) is 2.84. The minimum absolute atomic E-state index is 0.620. The fourth-order valence-electron chi connectivity index (χ4n) is 4.40. The molecule has 0 bridgehead atoms. The minimum Gasteiger partial charge on any atom is -0.394 e. The van der Waals surface area contributed by atoms with E-state index in [2.05, 4.69) is 5.32 Å². The largest absolute Gasteiger partial charge is 0.394 e. The van der Waals surface area contributed by atoms with E-state index in [0.717, 1.165) is 6.92 Å². The highest BCUT2D eigenvalue weighted by atomic mass is 16.7. The Bertz CT molecular complexity index is 729. The van der Waals surface area contributed by atoms with E-state index in [9.17, 15) is 50.8 Å². The van der Waals surface area contributed by atoms with Gasteiger partial charge in [-0.15, -0.1) is 0 Å². The molecular weight excluding hydrogens is 494 g/mol. The van der Waals surface area contributed by atoms with E-state index in [0.29, 0.717) is 0 Å². The first-order valence-corrected chi connectivity index (χ1v) is 11.4. The lowest BCUT2D eigenvalue weighted by atomic mass is 9.95. The standard InChI is InChI=1S/C20H35NO15/c1-5-10(25)12(27)14(29)19(32-5)35-16-8(4-23)34-20(15(30)13(16)28)36-17-9(21-6(2)24)18(31)33-7(3-22)11(17)26/h5,7-20,22-23,25-31H,3-4H2,1-2H3,(H,21,24). The van der Waals surface area contributed by atoms with E-state index >= 15 is 0 Å². The van der Waals surface area contributed by atoms with Gasteiger partial charge in [0.2, 0.25) is 5.91 Å². The van der Waals surface area contributed by atoms with Crippen LogP contribution in [0.2, 0.25) is 0 Å². The molecule has 210 valence electrons. The van der Waals surface area contributed by atoms with Crippen molar-refractivity contribution in [2.75, 3.05) is 13.2 Å². The van der Waals surface area contributed by atoms with Crippen LogP contribution < -0.4 is 5.32 Å². The molecule has 0 saturated carbocycles. The van der Waals surface area contributed by atoms with Crippen molar-refractivity contribution >= 4 is 5.91 Å². The summed E-state index contributed by atoms with van der Waals surface area (Å²) in [6.07, 6.45) is -21.8. The molecule has 0 aromatic heterocycles. The van der Waals surface area contributed by atoms with Gasteiger partial charge in [-0.25, -0.2) is 0 Å². The zero-order chi connectivity index (χ0) is 26.9. The van der Waals surface area contributed by atoms with Gasteiger partial charge in [0.05, 0.1) is 19.3 Å². The van der Waals surface area contributed by atoms with E-state index in [4.69, 9.17) is 23.7 Å². The third kappa shape index (κ3) is 5.97. The van der Waals surface area contributed by atoms with Crippen LogP contribution in [0.1, 0.15) is 13.8 Å². The molecule has 0 spiro atoms. The van der Waals surface area contributed by atoms with Crippen LogP contribution in [0.25, 0.3) is 0 Å². The summed E-state index contributed by atoms with van der Waals surface area (Å²) in [5.74, 6) is -0.620. The van der Waals surface area contributed by atoms with Crippen LogP contribution in [0.5, 0.6) is 0 Å². The second-order valence-corrected chi connectivity index (χ2v) is 9.05. The van der Waals surface area contributed by atoms with Gasteiger partial charge in [0.15, 0.2) is 18.9 Å². The highest BCUT2D eigenvalue weighted by Crippen LogP contribution is 2.32. The molecule has 15 atom stereocenters. The molecule has 3 aliphatic heterocycles. The van der Waals surface area contributed by atoms with E-state index in [-0.39, 0.29) is 0 Å². The summed E-state index contributed by atoms with van der Waals surface area (Å²) < 4.78 is 27.1. The Balaban J connectivity index is 1.76. The van der Waals surface area contributed by atoms with Crippen LogP contribution in [-0.2, 0) is 28.5 Å². The summed E-state index contributed by atoms with van der Waals surface area (Å²) in [6, 6.07) is -1.37. The maximum absolute atomic E-state index is 11.6. The van der Waals surface area contributed by atoms with Gasteiger partial charge in [-0.3, -0.25) is 4.79 Å². The van der Waals surface area contributed by atoms with Gasteiger partial charge in [-0.05, 0) is 6.92 Å². The smallest absolute Gasteiger partial charge is 0.217 e.